The second-order valence-corrected chi connectivity index (χ2v) is 4.14. The maximum atomic E-state index is 9.39. The number of thioether (sulfide) groups is 1. The predicted octanol–water partition coefficient (Wildman–Crippen LogP) is 3.09. The third-order valence-electron chi connectivity index (χ3n) is 2.04. The molecule has 0 saturated heterocycles. The number of rotatable bonds is 9. The van der Waals surface area contributed by atoms with Crippen molar-refractivity contribution in [3.8, 4) is 5.40 Å². The third-order valence-corrected chi connectivity index (χ3v) is 2.72. The molecule has 1 N–H and O–H groups in total. The number of hydrogen-bond donors (Lipinski definition) is 1. The van der Waals surface area contributed by atoms with E-state index in [0.29, 0.717) is 5.75 Å². The van der Waals surface area contributed by atoms with E-state index < -0.39 is 0 Å². The zero-order valence-corrected chi connectivity index (χ0v) is 9.43. The minimum atomic E-state index is -0.306. The van der Waals surface area contributed by atoms with Gasteiger partial charge < -0.3 is 5.11 Å². The summed E-state index contributed by atoms with van der Waals surface area (Å²) in [7, 11) is 0. The van der Waals surface area contributed by atoms with E-state index >= 15 is 0 Å². The molecule has 14 heavy (non-hydrogen) atoms. The summed E-state index contributed by atoms with van der Waals surface area (Å²) in [5, 5.41) is 19.6. The van der Waals surface area contributed by atoms with Gasteiger partial charge in [-0.1, -0.05) is 25.3 Å². The van der Waals surface area contributed by atoms with Gasteiger partial charge in [-0.15, -0.1) is 6.58 Å². The lowest BCUT2D eigenvalue weighted by atomic mass is 10.1. The number of hydrogen-bond acceptors (Lipinski definition) is 3. The van der Waals surface area contributed by atoms with E-state index in [0.717, 1.165) is 31.0 Å². The molecule has 0 aliphatic rings. The predicted molar refractivity (Wildman–Crippen MR) is 62.0 cm³/mol. The summed E-state index contributed by atoms with van der Waals surface area (Å²) < 4.78 is 0. The third kappa shape index (κ3) is 9.63. The van der Waals surface area contributed by atoms with Crippen molar-refractivity contribution < 1.29 is 5.11 Å². The van der Waals surface area contributed by atoms with Crippen LogP contribution in [0.1, 0.15) is 38.5 Å². The molecule has 0 saturated carbocycles. The maximum Gasteiger partial charge on any atom is 0.133 e. The standard InChI is InChI=1S/C11H19NOS/c1-2-3-4-5-6-7-8-11(13)9-14-10-12/h2,11,13H,1,3-9H2. The van der Waals surface area contributed by atoms with Crippen molar-refractivity contribution in [3.05, 3.63) is 12.7 Å². The van der Waals surface area contributed by atoms with E-state index in [1.54, 1.807) is 0 Å². The average Bonchev–Trinajstić information content (AvgIpc) is 2.20. The molecule has 1 atom stereocenters. The van der Waals surface area contributed by atoms with E-state index in [2.05, 4.69) is 6.58 Å². The van der Waals surface area contributed by atoms with Crippen LogP contribution in [0.2, 0.25) is 0 Å². The van der Waals surface area contributed by atoms with Crippen LogP contribution in [0.4, 0.5) is 0 Å². The molecule has 2 nitrogen and oxygen atoms in total. The highest BCUT2D eigenvalue weighted by molar-refractivity contribution is 8.03. The molecule has 0 aliphatic carbocycles. The zero-order chi connectivity index (χ0) is 10.6. The fourth-order valence-corrected chi connectivity index (χ4v) is 1.67. The number of aliphatic hydroxyl groups excluding tert-OH is 1. The van der Waals surface area contributed by atoms with Gasteiger partial charge in [0.05, 0.1) is 6.10 Å². The van der Waals surface area contributed by atoms with Crippen LogP contribution < -0.4 is 0 Å². The lowest BCUT2D eigenvalue weighted by Crippen LogP contribution is -2.08. The smallest absolute Gasteiger partial charge is 0.133 e. The molecule has 1 unspecified atom stereocenters. The monoisotopic (exact) mass is 213 g/mol. The van der Waals surface area contributed by atoms with Crippen LogP contribution in [0.5, 0.6) is 0 Å². The molecule has 0 aromatic heterocycles. The molecule has 0 fully saturated rings. The lowest BCUT2D eigenvalue weighted by molar-refractivity contribution is 0.185. The van der Waals surface area contributed by atoms with Crippen LogP contribution in [0.15, 0.2) is 12.7 Å². The Kier molecular flexibility index (Phi) is 10.3. The van der Waals surface area contributed by atoms with Gasteiger partial charge in [0, 0.05) is 5.75 Å². The van der Waals surface area contributed by atoms with E-state index in [-0.39, 0.29) is 6.10 Å². The molecule has 0 aliphatic heterocycles. The summed E-state index contributed by atoms with van der Waals surface area (Å²) in [6.45, 7) is 3.67. The Labute approximate surface area is 91.0 Å². The normalized spacial score (nSPS) is 12.0. The molecule has 0 bridgehead atoms. The van der Waals surface area contributed by atoms with Crippen molar-refractivity contribution in [2.45, 2.75) is 44.6 Å². The Morgan fingerprint density at radius 2 is 2.07 bits per heavy atom. The first kappa shape index (κ1) is 13.5. The van der Waals surface area contributed by atoms with E-state index in [1.165, 1.54) is 19.3 Å². The number of nitriles is 1. The van der Waals surface area contributed by atoms with Crippen molar-refractivity contribution in [2.75, 3.05) is 5.75 Å². The number of aliphatic hydroxyl groups is 1. The van der Waals surface area contributed by atoms with Crippen molar-refractivity contribution >= 4 is 11.8 Å². The molecule has 0 radical (unpaired) electrons. The van der Waals surface area contributed by atoms with E-state index in [9.17, 15) is 5.11 Å². The molecule has 0 amide bonds. The van der Waals surface area contributed by atoms with Crippen LogP contribution in [0.25, 0.3) is 0 Å². The van der Waals surface area contributed by atoms with Crippen LogP contribution in [0.3, 0.4) is 0 Å². The first-order valence-electron chi connectivity index (χ1n) is 5.11. The lowest BCUT2D eigenvalue weighted by Gasteiger charge is -2.06. The van der Waals surface area contributed by atoms with E-state index in [4.69, 9.17) is 5.26 Å². The molecule has 0 aromatic carbocycles. The van der Waals surface area contributed by atoms with Crippen LogP contribution in [-0.4, -0.2) is 17.0 Å². The second-order valence-electron chi connectivity index (χ2n) is 3.34. The largest absolute Gasteiger partial charge is 0.392 e. The Bertz CT molecular complexity index is 177. The molecule has 0 rings (SSSR count). The molecule has 0 heterocycles. The van der Waals surface area contributed by atoms with Crippen LogP contribution >= 0.6 is 11.8 Å². The minimum absolute atomic E-state index is 0.306. The number of nitrogens with zero attached hydrogens (tertiary/aromatic N) is 1. The first-order valence-corrected chi connectivity index (χ1v) is 6.09. The zero-order valence-electron chi connectivity index (χ0n) is 8.61. The van der Waals surface area contributed by atoms with Crippen LogP contribution in [-0.2, 0) is 0 Å². The topological polar surface area (TPSA) is 44.0 Å². The average molecular weight is 213 g/mol. The number of allylic oxidation sites excluding steroid dienone is 1. The van der Waals surface area contributed by atoms with Gasteiger partial charge in [-0.05, 0) is 31.0 Å². The maximum absolute atomic E-state index is 9.39. The Morgan fingerprint density at radius 3 is 2.71 bits per heavy atom. The van der Waals surface area contributed by atoms with Gasteiger partial charge in [0.2, 0.25) is 0 Å². The van der Waals surface area contributed by atoms with Gasteiger partial charge in [0.1, 0.15) is 5.40 Å². The van der Waals surface area contributed by atoms with Crippen LogP contribution in [0, 0.1) is 10.7 Å². The summed E-state index contributed by atoms with van der Waals surface area (Å²) >= 11 is 1.13. The summed E-state index contributed by atoms with van der Waals surface area (Å²) in [4.78, 5) is 0. The quantitative estimate of drug-likeness (QED) is 0.363. The molecule has 0 aromatic rings. The molecule has 3 heteroatoms. The molecular formula is C11H19NOS. The highest BCUT2D eigenvalue weighted by Crippen LogP contribution is 2.10. The van der Waals surface area contributed by atoms with Crippen molar-refractivity contribution in [1.29, 1.82) is 5.26 Å². The minimum Gasteiger partial charge on any atom is -0.392 e. The number of unbranched alkanes of at least 4 members (excludes halogenated alkanes) is 4. The summed E-state index contributed by atoms with van der Waals surface area (Å²) in [6, 6.07) is 0. The summed E-state index contributed by atoms with van der Waals surface area (Å²) in [5.74, 6) is 0.545. The SMILES string of the molecule is C=CCCCCCCC(O)CSC#N. The highest BCUT2D eigenvalue weighted by Gasteiger charge is 2.02. The molecule has 0 spiro atoms. The number of thiocyanates is 1. The van der Waals surface area contributed by atoms with Crippen molar-refractivity contribution in [3.63, 3.8) is 0 Å². The summed E-state index contributed by atoms with van der Waals surface area (Å²) in [6.07, 6.45) is 8.19. The summed E-state index contributed by atoms with van der Waals surface area (Å²) in [5.41, 5.74) is 0. The fraction of sp³-hybridized carbons (Fsp3) is 0.727. The van der Waals surface area contributed by atoms with Gasteiger partial charge in [0.15, 0.2) is 0 Å². The van der Waals surface area contributed by atoms with E-state index in [1.807, 2.05) is 11.5 Å². The Morgan fingerprint density at radius 1 is 1.36 bits per heavy atom. The second kappa shape index (κ2) is 10.6. The molecular weight excluding hydrogens is 194 g/mol. The van der Waals surface area contributed by atoms with Gasteiger partial charge in [-0.3, -0.25) is 0 Å². The van der Waals surface area contributed by atoms with Gasteiger partial charge in [-0.2, -0.15) is 5.26 Å². The Hall–Kier alpha value is -0.460. The highest BCUT2D eigenvalue weighted by atomic mass is 32.2. The van der Waals surface area contributed by atoms with Gasteiger partial charge >= 0.3 is 0 Å². The first-order chi connectivity index (χ1) is 6.81. The Balaban J connectivity index is 3.11. The van der Waals surface area contributed by atoms with Gasteiger partial charge in [-0.25, -0.2) is 0 Å². The van der Waals surface area contributed by atoms with Gasteiger partial charge in [0.25, 0.3) is 0 Å². The van der Waals surface area contributed by atoms with Crippen molar-refractivity contribution in [2.24, 2.45) is 0 Å². The fourth-order valence-electron chi connectivity index (χ4n) is 1.24. The van der Waals surface area contributed by atoms with Crippen molar-refractivity contribution in [1.82, 2.24) is 0 Å². The molecule has 80 valence electrons.